The van der Waals surface area contributed by atoms with Gasteiger partial charge in [0.1, 0.15) is 16.8 Å². The number of aryl methyl sites for hydroxylation is 1. The molecule has 5 nitrogen and oxygen atoms in total. The fourth-order valence-corrected chi connectivity index (χ4v) is 1.67. The zero-order chi connectivity index (χ0) is 13.8. The standard InChI is InChI=1S/C13H16ClN5/c1-8(2)13-18-11(14)4-12(19-13)17-7-10-6-15-9(3)5-16-10/h4-6,8H,7H2,1-3H3,(H,17,18,19). The topological polar surface area (TPSA) is 63.6 Å². The Labute approximate surface area is 117 Å². The third-order valence-corrected chi connectivity index (χ3v) is 2.71. The summed E-state index contributed by atoms with van der Waals surface area (Å²) in [7, 11) is 0. The molecule has 0 unspecified atom stereocenters. The highest BCUT2D eigenvalue weighted by Gasteiger charge is 2.07. The smallest absolute Gasteiger partial charge is 0.135 e. The Morgan fingerprint density at radius 1 is 1.21 bits per heavy atom. The van der Waals surface area contributed by atoms with Crippen LogP contribution in [-0.4, -0.2) is 19.9 Å². The molecule has 2 aromatic heterocycles. The van der Waals surface area contributed by atoms with Crippen molar-refractivity contribution in [2.75, 3.05) is 5.32 Å². The Hall–Kier alpha value is -1.75. The quantitative estimate of drug-likeness (QED) is 0.871. The molecule has 0 aliphatic heterocycles. The Morgan fingerprint density at radius 3 is 2.63 bits per heavy atom. The SMILES string of the molecule is Cc1cnc(CNc2cc(Cl)nc(C(C)C)n2)cn1. The molecule has 0 aliphatic carbocycles. The van der Waals surface area contributed by atoms with E-state index in [2.05, 4.69) is 25.3 Å². The van der Waals surface area contributed by atoms with Crippen molar-refractivity contribution in [2.24, 2.45) is 0 Å². The first-order valence-corrected chi connectivity index (χ1v) is 6.48. The fraction of sp³-hybridized carbons (Fsp3) is 0.385. The lowest BCUT2D eigenvalue weighted by molar-refractivity contribution is 0.774. The van der Waals surface area contributed by atoms with Gasteiger partial charge in [-0.15, -0.1) is 0 Å². The number of halogens is 1. The van der Waals surface area contributed by atoms with Crippen LogP contribution in [0.15, 0.2) is 18.5 Å². The normalized spacial score (nSPS) is 10.8. The average molecular weight is 278 g/mol. The molecular formula is C13H16ClN5. The maximum Gasteiger partial charge on any atom is 0.135 e. The van der Waals surface area contributed by atoms with Crippen LogP contribution in [0.1, 0.15) is 37.0 Å². The number of hydrogen-bond donors (Lipinski definition) is 1. The Balaban J connectivity index is 2.08. The molecule has 0 atom stereocenters. The summed E-state index contributed by atoms with van der Waals surface area (Å²) in [5.74, 6) is 1.66. The van der Waals surface area contributed by atoms with Crippen LogP contribution in [0.4, 0.5) is 5.82 Å². The summed E-state index contributed by atoms with van der Waals surface area (Å²) in [5, 5.41) is 3.62. The van der Waals surface area contributed by atoms with Crippen LogP contribution in [0, 0.1) is 6.92 Å². The molecule has 2 aromatic rings. The summed E-state index contributed by atoms with van der Waals surface area (Å²) >= 11 is 5.98. The van der Waals surface area contributed by atoms with Gasteiger partial charge in [0.05, 0.1) is 24.1 Å². The third kappa shape index (κ3) is 3.86. The zero-order valence-corrected chi connectivity index (χ0v) is 11.9. The van der Waals surface area contributed by atoms with Crippen molar-refractivity contribution in [2.45, 2.75) is 33.2 Å². The minimum absolute atomic E-state index is 0.235. The van der Waals surface area contributed by atoms with E-state index >= 15 is 0 Å². The molecule has 6 heteroatoms. The molecule has 0 aliphatic rings. The first kappa shape index (κ1) is 13.7. The molecule has 0 spiro atoms. The molecule has 1 N–H and O–H groups in total. The number of aromatic nitrogens is 4. The van der Waals surface area contributed by atoms with Gasteiger partial charge >= 0.3 is 0 Å². The maximum absolute atomic E-state index is 5.98. The Morgan fingerprint density at radius 2 is 2.00 bits per heavy atom. The van der Waals surface area contributed by atoms with Crippen molar-refractivity contribution in [1.82, 2.24) is 19.9 Å². The van der Waals surface area contributed by atoms with Gasteiger partial charge in [-0.2, -0.15) is 0 Å². The Kier molecular flexibility index (Phi) is 4.27. The summed E-state index contributed by atoms with van der Waals surface area (Å²) in [4.78, 5) is 17.1. The van der Waals surface area contributed by atoms with Crippen LogP contribution in [0.5, 0.6) is 0 Å². The van der Waals surface area contributed by atoms with E-state index in [1.807, 2.05) is 20.8 Å². The fourth-order valence-electron chi connectivity index (χ4n) is 1.48. The molecule has 0 radical (unpaired) electrons. The van der Waals surface area contributed by atoms with Gasteiger partial charge in [0.2, 0.25) is 0 Å². The predicted molar refractivity (Wildman–Crippen MR) is 75.2 cm³/mol. The highest BCUT2D eigenvalue weighted by Crippen LogP contribution is 2.17. The number of nitrogens with zero attached hydrogens (tertiary/aromatic N) is 4. The lowest BCUT2D eigenvalue weighted by Gasteiger charge is -2.09. The summed E-state index contributed by atoms with van der Waals surface area (Å²) in [6.07, 6.45) is 3.48. The molecule has 2 heterocycles. The van der Waals surface area contributed by atoms with Crippen LogP contribution in [0.25, 0.3) is 0 Å². The van der Waals surface area contributed by atoms with Gasteiger partial charge in [-0.25, -0.2) is 9.97 Å². The summed E-state index contributed by atoms with van der Waals surface area (Å²) in [5.41, 5.74) is 1.75. The second kappa shape index (κ2) is 5.93. The summed E-state index contributed by atoms with van der Waals surface area (Å²) in [6, 6.07) is 1.70. The van der Waals surface area contributed by atoms with Crippen LogP contribution in [0.2, 0.25) is 5.15 Å². The molecule has 2 rings (SSSR count). The summed E-state index contributed by atoms with van der Waals surface area (Å²) < 4.78 is 0. The first-order chi connectivity index (χ1) is 9.04. The van der Waals surface area contributed by atoms with Gasteiger partial charge in [0.25, 0.3) is 0 Å². The van der Waals surface area contributed by atoms with E-state index in [1.165, 1.54) is 0 Å². The van der Waals surface area contributed by atoms with Gasteiger partial charge in [0.15, 0.2) is 0 Å². The maximum atomic E-state index is 5.98. The number of nitrogens with one attached hydrogen (secondary N) is 1. The lowest BCUT2D eigenvalue weighted by Crippen LogP contribution is -2.07. The number of hydrogen-bond acceptors (Lipinski definition) is 5. The highest BCUT2D eigenvalue weighted by atomic mass is 35.5. The lowest BCUT2D eigenvalue weighted by atomic mass is 10.2. The summed E-state index contributed by atoms with van der Waals surface area (Å²) in [6.45, 7) is 6.52. The molecule has 0 aromatic carbocycles. The van der Waals surface area contributed by atoms with Crippen molar-refractivity contribution in [3.63, 3.8) is 0 Å². The van der Waals surface area contributed by atoms with Crippen molar-refractivity contribution < 1.29 is 0 Å². The van der Waals surface area contributed by atoms with E-state index < -0.39 is 0 Å². The van der Waals surface area contributed by atoms with Gasteiger partial charge < -0.3 is 5.32 Å². The third-order valence-electron chi connectivity index (χ3n) is 2.51. The van der Waals surface area contributed by atoms with Crippen LogP contribution in [0.3, 0.4) is 0 Å². The molecule has 0 bridgehead atoms. The number of rotatable bonds is 4. The van der Waals surface area contributed by atoms with Crippen molar-refractivity contribution in [1.29, 1.82) is 0 Å². The van der Waals surface area contributed by atoms with Crippen molar-refractivity contribution in [3.05, 3.63) is 40.8 Å². The average Bonchev–Trinajstić information content (AvgIpc) is 2.37. The van der Waals surface area contributed by atoms with E-state index in [4.69, 9.17) is 11.6 Å². The monoisotopic (exact) mass is 277 g/mol. The molecular weight excluding hydrogens is 262 g/mol. The van der Waals surface area contributed by atoms with Crippen LogP contribution >= 0.6 is 11.6 Å². The van der Waals surface area contributed by atoms with E-state index in [0.717, 1.165) is 17.2 Å². The van der Waals surface area contributed by atoms with Gasteiger partial charge in [-0.3, -0.25) is 9.97 Å². The van der Waals surface area contributed by atoms with Gasteiger partial charge in [0, 0.05) is 18.2 Å². The molecule has 0 saturated heterocycles. The van der Waals surface area contributed by atoms with Crippen LogP contribution < -0.4 is 5.32 Å². The molecule has 0 fully saturated rings. The van der Waals surface area contributed by atoms with E-state index in [9.17, 15) is 0 Å². The molecule has 0 amide bonds. The second-order valence-electron chi connectivity index (χ2n) is 4.59. The van der Waals surface area contributed by atoms with E-state index in [1.54, 1.807) is 18.5 Å². The molecule has 100 valence electrons. The van der Waals surface area contributed by atoms with E-state index in [0.29, 0.717) is 17.5 Å². The van der Waals surface area contributed by atoms with Crippen molar-refractivity contribution in [3.8, 4) is 0 Å². The highest BCUT2D eigenvalue weighted by molar-refractivity contribution is 6.29. The zero-order valence-electron chi connectivity index (χ0n) is 11.2. The largest absolute Gasteiger partial charge is 0.364 e. The first-order valence-electron chi connectivity index (χ1n) is 6.10. The predicted octanol–water partition coefficient (Wildman–Crippen LogP) is 2.96. The number of anilines is 1. The van der Waals surface area contributed by atoms with Crippen LogP contribution in [-0.2, 0) is 6.54 Å². The Bertz CT molecular complexity index is 553. The van der Waals surface area contributed by atoms with Gasteiger partial charge in [-0.1, -0.05) is 25.4 Å². The van der Waals surface area contributed by atoms with Gasteiger partial charge in [-0.05, 0) is 6.92 Å². The molecule has 0 saturated carbocycles. The van der Waals surface area contributed by atoms with E-state index in [-0.39, 0.29) is 5.92 Å². The minimum atomic E-state index is 0.235. The minimum Gasteiger partial charge on any atom is -0.364 e. The second-order valence-corrected chi connectivity index (χ2v) is 4.98. The molecule has 19 heavy (non-hydrogen) atoms. The van der Waals surface area contributed by atoms with Crippen molar-refractivity contribution >= 4 is 17.4 Å².